The number of nitrogens with one attached hydrogen (secondary N) is 1. The van der Waals surface area contributed by atoms with Gasteiger partial charge in [0.15, 0.2) is 0 Å². The lowest BCUT2D eigenvalue weighted by atomic mass is 10.1. The van der Waals surface area contributed by atoms with Crippen molar-refractivity contribution in [1.82, 2.24) is 29.0 Å². The smallest absolute Gasteiger partial charge is 0.245 e. The van der Waals surface area contributed by atoms with Gasteiger partial charge >= 0.3 is 0 Å². The Balaban J connectivity index is 1.28. The number of para-hydroxylation sites is 1. The Morgan fingerprint density at radius 2 is 1.85 bits per heavy atom. The van der Waals surface area contributed by atoms with E-state index in [2.05, 4.69) is 30.8 Å². The topological polar surface area (TPSA) is 110 Å². The molecule has 1 N–H and O–H groups in total. The summed E-state index contributed by atoms with van der Waals surface area (Å²) in [5.74, 6) is 0.424. The van der Waals surface area contributed by atoms with Gasteiger partial charge in [0, 0.05) is 44.5 Å². The maximum Gasteiger partial charge on any atom is 0.245 e. The molecule has 6 rings (SSSR count). The number of anilines is 3. The van der Waals surface area contributed by atoms with Crippen LogP contribution >= 0.6 is 0 Å². The zero-order valence-electron chi connectivity index (χ0n) is 21.9. The predicted octanol–water partition coefficient (Wildman–Crippen LogP) is 3.22. The number of hydrogen-bond donors (Lipinski definition) is 1. The molecule has 3 aromatic heterocycles. The minimum Gasteiger partial charge on any atom is -0.379 e. The summed E-state index contributed by atoms with van der Waals surface area (Å²) in [5, 5.41) is 8.07. The normalized spacial score (nSPS) is 14.7. The molecule has 0 unspecified atom stereocenters. The largest absolute Gasteiger partial charge is 0.379 e. The molecule has 11 nitrogen and oxygen atoms in total. The van der Waals surface area contributed by atoms with Gasteiger partial charge in [-0.25, -0.2) is 22.9 Å². The first-order valence-electron chi connectivity index (χ1n) is 12.8. The third-order valence-electron chi connectivity index (χ3n) is 7.05. The van der Waals surface area contributed by atoms with Gasteiger partial charge in [0.2, 0.25) is 16.0 Å². The molecule has 4 heterocycles. The lowest BCUT2D eigenvalue weighted by Crippen LogP contribution is -2.38. The fourth-order valence-corrected chi connectivity index (χ4v) is 5.34. The average molecular weight is 547 g/mol. The van der Waals surface area contributed by atoms with E-state index in [1.807, 2.05) is 48.8 Å². The molecule has 5 aromatic rings. The molecule has 1 fully saturated rings. The van der Waals surface area contributed by atoms with E-state index >= 15 is 0 Å². The lowest BCUT2D eigenvalue weighted by molar-refractivity contribution is 0.0365. The van der Waals surface area contributed by atoms with Crippen LogP contribution in [0.15, 0.2) is 67.1 Å². The van der Waals surface area contributed by atoms with Crippen LogP contribution in [-0.2, 0) is 21.3 Å². The number of imidazole rings is 1. The molecule has 0 aliphatic carbocycles. The lowest BCUT2D eigenvalue weighted by Gasteiger charge is -2.26. The van der Waals surface area contributed by atoms with Gasteiger partial charge in [0.1, 0.15) is 0 Å². The van der Waals surface area contributed by atoms with Gasteiger partial charge in [-0.15, -0.1) is 5.10 Å². The van der Waals surface area contributed by atoms with Crippen LogP contribution in [0.3, 0.4) is 0 Å². The van der Waals surface area contributed by atoms with E-state index in [1.165, 1.54) is 10.6 Å². The molecule has 0 saturated carbocycles. The molecule has 202 valence electrons. The number of benzene rings is 2. The number of rotatable bonds is 8. The van der Waals surface area contributed by atoms with Crippen LogP contribution in [0.4, 0.5) is 17.3 Å². The molecule has 2 aromatic carbocycles. The second-order valence-corrected chi connectivity index (χ2v) is 11.6. The molecule has 0 radical (unpaired) electrons. The molecule has 0 atom stereocenters. The van der Waals surface area contributed by atoms with Crippen LogP contribution in [0.25, 0.3) is 27.8 Å². The first kappa shape index (κ1) is 25.3. The summed E-state index contributed by atoms with van der Waals surface area (Å²) >= 11 is 0. The van der Waals surface area contributed by atoms with Crippen LogP contribution in [0.5, 0.6) is 0 Å². The molecule has 1 aliphatic heterocycles. The summed E-state index contributed by atoms with van der Waals surface area (Å²) in [5.41, 5.74) is 5.69. The van der Waals surface area contributed by atoms with Gasteiger partial charge in [0.05, 0.1) is 59.9 Å². The summed E-state index contributed by atoms with van der Waals surface area (Å²) in [4.78, 5) is 11.5. The van der Waals surface area contributed by atoms with E-state index in [9.17, 15) is 8.42 Å². The van der Waals surface area contributed by atoms with E-state index in [0.717, 1.165) is 72.9 Å². The third-order valence-corrected chi connectivity index (χ3v) is 8.24. The molecule has 1 aliphatic rings. The molecular formula is C27H30N8O3S. The van der Waals surface area contributed by atoms with Gasteiger partial charge in [-0.3, -0.25) is 9.21 Å². The van der Waals surface area contributed by atoms with Crippen molar-refractivity contribution < 1.29 is 13.2 Å². The van der Waals surface area contributed by atoms with E-state index < -0.39 is 10.0 Å². The molecule has 1 saturated heterocycles. The SMILES string of the molecule is CN(c1ccccc1-c1ccc2cnc(Nc3ccc4ncn(CCN5CCOCC5)c4c3)nn12)S(C)(=O)=O. The van der Waals surface area contributed by atoms with Crippen LogP contribution < -0.4 is 9.62 Å². The van der Waals surface area contributed by atoms with Gasteiger partial charge < -0.3 is 14.6 Å². The monoisotopic (exact) mass is 546 g/mol. The van der Waals surface area contributed by atoms with Crippen molar-refractivity contribution in [2.45, 2.75) is 6.54 Å². The minimum atomic E-state index is -3.44. The standard InChI is InChI=1S/C27H30N8O3S/c1-32(39(2,36)37)24-6-4-3-5-22(24)25-10-8-21-18-28-27(31-35(21)25)30-20-7-9-23-26(17-20)34(19-29-23)12-11-33-13-15-38-16-14-33/h3-10,17-19H,11-16H2,1-2H3,(H,30,31). The Kier molecular flexibility index (Phi) is 6.67. The molecule has 12 heteroatoms. The van der Waals surface area contributed by atoms with Crippen molar-refractivity contribution in [3.63, 3.8) is 0 Å². The van der Waals surface area contributed by atoms with Crippen molar-refractivity contribution >= 4 is 43.9 Å². The molecule has 0 bridgehead atoms. The number of nitrogens with zero attached hydrogens (tertiary/aromatic N) is 7. The zero-order valence-corrected chi connectivity index (χ0v) is 22.7. The number of sulfonamides is 1. The summed E-state index contributed by atoms with van der Waals surface area (Å²) in [6.07, 6.45) is 4.82. The summed E-state index contributed by atoms with van der Waals surface area (Å²) < 4.78 is 35.2. The van der Waals surface area contributed by atoms with Crippen molar-refractivity contribution in [2.24, 2.45) is 0 Å². The highest BCUT2D eigenvalue weighted by Gasteiger charge is 2.19. The van der Waals surface area contributed by atoms with E-state index in [1.54, 1.807) is 23.8 Å². The highest BCUT2D eigenvalue weighted by molar-refractivity contribution is 7.92. The van der Waals surface area contributed by atoms with Crippen molar-refractivity contribution in [2.75, 3.05) is 55.8 Å². The Hall–Kier alpha value is -4.00. The van der Waals surface area contributed by atoms with Crippen LogP contribution in [-0.4, -0.2) is 83.6 Å². The van der Waals surface area contributed by atoms with Crippen molar-refractivity contribution in [3.05, 3.63) is 67.1 Å². The Morgan fingerprint density at radius 3 is 2.67 bits per heavy atom. The Labute approximate surface area is 226 Å². The van der Waals surface area contributed by atoms with Gasteiger partial charge in [0.25, 0.3) is 0 Å². The number of fused-ring (bicyclic) bond motifs is 2. The fourth-order valence-electron chi connectivity index (χ4n) is 4.82. The minimum absolute atomic E-state index is 0.424. The van der Waals surface area contributed by atoms with Crippen LogP contribution in [0.2, 0.25) is 0 Å². The first-order valence-corrected chi connectivity index (χ1v) is 14.6. The maximum absolute atomic E-state index is 12.3. The highest BCUT2D eigenvalue weighted by Crippen LogP contribution is 2.32. The summed E-state index contributed by atoms with van der Waals surface area (Å²) in [6.45, 7) is 5.26. The third kappa shape index (κ3) is 5.18. The molecule has 0 spiro atoms. The summed E-state index contributed by atoms with van der Waals surface area (Å²) in [7, 11) is -1.89. The van der Waals surface area contributed by atoms with Gasteiger partial charge in [-0.2, -0.15) is 0 Å². The van der Waals surface area contributed by atoms with E-state index in [0.29, 0.717) is 11.6 Å². The number of ether oxygens (including phenoxy) is 1. The Bertz CT molecular complexity index is 1740. The Morgan fingerprint density at radius 1 is 1.03 bits per heavy atom. The van der Waals surface area contributed by atoms with Crippen LogP contribution in [0, 0.1) is 0 Å². The number of hydrogen-bond acceptors (Lipinski definition) is 8. The second-order valence-electron chi connectivity index (χ2n) is 9.61. The van der Waals surface area contributed by atoms with E-state index in [4.69, 9.17) is 9.84 Å². The molecule has 39 heavy (non-hydrogen) atoms. The van der Waals surface area contributed by atoms with Gasteiger partial charge in [-0.05, 0) is 36.4 Å². The first-order chi connectivity index (χ1) is 18.9. The van der Waals surface area contributed by atoms with Gasteiger partial charge in [-0.1, -0.05) is 18.2 Å². The zero-order chi connectivity index (χ0) is 27.0. The highest BCUT2D eigenvalue weighted by atomic mass is 32.2. The fraction of sp³-hybridized carbons (Fsp3) is 0.296. The number of morpholine rings is 1. The number of aromatic nitrogens is 5. The molecule has 0 amide bonds. The van der Waals surface area contributed by atoms with Crippen molar-refractivity contribution in [3.8, 4) is 11.3 Å². The van der Waals surface area contributed by atoms with E-state index in [-0.39, 0.29) is 0 Å². The van der Waals surface area contributed by atoms with Crippen LogP contribution in [0.1, 0.15) is 0 Å². The maximum atomic E-state index is 12.3. The second kappa shape index (κ2) is 10.3. The summed E-state index contributed by atoms with van der Waals surface area (Å²) in [6, 6.07) is 17.2. The predicted molar refractivity (Wildman–Crippen MR) is 152 cm³/mol. The van der Waals surface area contributed by atoms with Crippen molar-refractivity contribution in [1.29, 1.82) is 0 Å². The quantitative estimate of drug-likeness (QED) is 0.316. The molecular weight excluding hydrogens is 516 g/mol. The average Bonchev–Trinajstić information content (AvgIpc) is 3.55.